The second-order valence-electron chi connectivity index (χ2n) is 5.69. The lowest BCUT2D eigenvalue weighted by Crippen LogP contribution is -2.44. The number of halogens is 1. The normalized spacial score (nSPS) is 18.0. The van der Waals surface area contributed by atoms with Crippen LogP contribution >= 0.6 is 11.3 Å². The molecule has 2 aromatic heterocycles. The molecule has 1 aliphatic heterocycles. The van der Waals surface area contributed by atoms with Crippen LogP contribution in [0.1, 0.15) is 0 Å². The van der Waals surface area contributed by atoms with Crippen molar-refractivity contribution in [2.45, 2.75) is 12.6 Å². The predicted octanol–water partition coefficient (Wildman–Crippen LogP) is 3.05. The van der Waals surface area contributed by atoms with Crippen molar-refractivity contribution in [1.29, 1.82) is 0 Å². The molecule has 0 aliphatic carbocycles. The molecular formula is C17H17FN4OS. The highest BCUT2D eigenvalue weighted by molar-refractivity contribution is 7.14. The molecular weight excluding hydrogens is 327 g/mol. The molecule has 4 rings (SSSR count). The second-order valence-corrected chi connectivity index (χ2v) is 6.53. The van der Waals surface area contributed by atoms with Crippen molar-refractivity contribution < 1.29 is 9.13 Å². The first-order valence-electron chi connectivity index (χ1n) is 7.83. The summed E-state index contributed by atoms with van der Waals surface area (Å²) in [7, 11) is 0. The fourth-order valence-electron chi connectivity index (χ4n) is 2.78. The number of aromatic nitrogens is 3. The van der Waals surface area contributed by atoms with Crippen molar-refractivity contribution in [3.05, 3.63) is 53.9 Å². The SMILES string of the molecule is Fc1ccc(-c2csc(N3CCOC(Cn4cccn4)C3)n2)cc1. The Bertz CT molecular complexity index is 787. The van der Waals surface area contributed by atoms with Gasteiger partial charge in [0.05, 0.1) is 24.9 Å². The van der Waals surface area contributed by atoms with Crippen LogP contribution in [-0.2, 0) is 11.3 Å². The molecule has 1 aromatic carbocycles. The highest BCUT2D eigenvalue weighted by Gasteiger charge is 2.23. The molecule has 24 heavy (non-hydrogen) atoms. The Morgan fingerprint density at radius 2 is 2.17 bits per heavy atom. The maximum Gasteiger partial charge on any atom is 0.186 e. The Morgan fingerprint density at radius 3 is 2.96 bits per heavy atom. The number of anilines is 1. The van der Waals surface area contributed by atoms with Crippen molar-refractivity contribution in [2.75, 3.05) is 24.6 Å². The van der Waals surface area contributed by atoms with Gasteiger partial charge in [-0.05, 0) is 30.3 Å². The van der Waals surface area contributed by atoms with Crippen LogP contribution in [0.25, 0.3) is 11.3 Å². The molecule has 0 spiro atoms. The summed E-state index contributed by atoms with van der Waals surface area (Å²) < 4.78 is 20.8. The van der Waals surface area contributed by atoms with Crippen molar-refractivity contribution in [2.24, 2.45) is 0 Å². The van der Waals surface area contributed by atoms with Gasteiger partial charge in [0.15, 0.2) is 5.13 Å². The van der Waals surface area contributed by atoms with E-state index in [4.69, 9.17) is 9.72 Å². The summed E-state index contributed by atoms with van der Waals surface area (Å²) in [6.07, 6.45) is 3.81. The molecule has 0 N–H and O–H groups in total. The van der Waals surface area contributed by atoms with E-state index in [1.54, 1.807) is 29.7 Å². The second kappa shape index (κ2) is 6.70. The van der Waals surface area contributed by atoms with E-state index in [1.165, 1.54) is 12.1 Å². The lowest BCUT2D eigenvalue weighted by molar-refractivity contribution is 0.0274. The van der Waals surface area contributed by atoms with E-state index in [-0.39, 0.29) is 11.9 Å². The van der Waals surface area contributed by atoms with E-state index in [1.807, 2.05) is 22.3 Å². The van der Waals surface area contributed by atoms with Gasteiger partial charge in [0.1, 0.15) is 5.82 Å². The number of hydrogen-bond acceptors (Lipinski definition) is 5. The van der Waals surface area contributed by atoms with Gasteiger partial charge in [0, 0.05) is 36.4 Å². The number of rotatable bonds is 4. The minimum Gasteiger partial charge on any atom is -0.373 e. The van der Waals surface area contributed by atoms with Crippen LogP contribution in [-0.4, -0.2) is 40.6 Å². The highest BCUT2D eigenvalue weighted by atomic mass is 32.1. The summed E-state index contributed by atoms with van der Waals surface area (Å²) in [5, 5.41) is 7.22. The van der Waals surface area contributed by atoms with Crippen LogP contribution in [0.15, 0.2) is 48.1 Å². The molecule has 3 aromatic rings. The molecule has 1 fully saturated rings. The summed E-state index contributed by atoms with van der Waals surface area (Å²) >= 11 is 1.61. The number of ether oxygens (including phenoxy) is 1. The Hall–Kier alpha value is -2.25. The molecule has 124 valence electrons. The molecule has 7 heteroatoms. The molecule has 0 bridgehead atoms. The van der Waals surface area contributed by atoms with Gasteiger partial charge in [0.25, 0.3) is 0 Å². The predicted molar refractivity (Wildman–Crippen MR) is 91.7 cm³/mol. The average Bonchev–Trinajstić information content (AvgIpc) is 3.28. The maximum atomic E-state index is 13.0. The minimum absolute atomic E-state index is 0.0943. The fraction of sp³-hybridized carbons (Fsp3) is 0.294. The quantitative estimate of drug-likeness (QED) is 0.730. The van der Waals surface area contributed by atoms with Crippen LogP contribution in [0.5, 0.6) is 0 Å². The Labute approximate surface area is 143 Å². The van der Waals surface area contributed by atoms with E-state index in [0.29, 0.717) is 6.61 Å². The number of benzene rings is 1. The van der Waals surface area contributed by atoms with Gasteiger partial charge in [0.2, 0.25) is 0 Å². The third-order valence-corrected chi connectivity index (χ3v) is 4.89. The molecule has 1 unspecified atom stereocenters. The van der Waals surface area contributed by atoms with Crippen molar-refractivity contribution in [3.8, 4) is 11.3 Å². The van der Waals surface area contributed by atoms with Gasteiger partial charge in [-0.1, -0.05) is 0 Å². The molecule has 0 saturated carbocycles. The van der Waals surface area contributed by atoms with Gasteiger partial charge >= 0.3 is 0 Å². The van der Waals surface area contributed by atoms with E-state index < -0.39 is 0 Å². The lowest BCUT2D eigenvalue weighted by atomic mass is 10.2. The van der Waals surface area contributed by atoms with E-state index >= 15 is 0 Å². The number of thiazole rings is 1. The van der Waals surface area contributed by atoms with Gasteiger partial charge in [-0.25, -0.2) is 9.37 Å². The first-order chi connectivity index (χ1) is 11.8. The first-order valence-corrected chi connectivity index (χ1v) is 8.71. The Kier molecular flexibility index (Phi) is 4.27. The smallest absolute Gasteiger partial charge is 0.186 e. The zero-order chi connectivity index (χ0) is 16.4. The number of hydrogen-bond donors (Lipinski definition) is 0. The van der Waals surface area contributed by atoms with Crippen LogP contribution in [0.4, 0.5) is 9.52 Å². The summed E-state index contributed by atoms with van der Waals surface area (Å²) in [5.74, 6) is -0.233. The molecule has 1 saturated heterocycles. The van der Waals surface area contributed by atoms with Gasteiger partial charge in [-0.15, -0.1) is 11.3 Å². The summed E-state index contributed by atoms with van der Waals surface area (Å²) in [4.78, 5) is 6.95. The largest absolute Gasteiger partial charge is 0.373 e. The first kappa shape index (κ1) is 15.3. The van der Waals surface area contributed by atoms with Gasteiger partial charge < -0.3 is 9.64 Å². The van der Waals surface area contributed by atoms with Crippen LogP contribution < -0.4 is 4.90 Å². The third kappa shape index (κ3) is 3.32. The lowest BCUT2D eigenvalue weighted by Gasteiger charge is -2.32. The van der Waals surface area contributed by atoms with Crippen molar-refractivity contribution in [1.82, 2.24) is 14.8 Å². The monoisotopic (exact) mass is 344 g/mol. The molecule has 1 atom stereocenters. The van der Waals surface area contributed by atoms with E-state index in [2.05, 4.69) is 10.00 Å². The van der Waals surface area contributed by atoms with E-state index in [0.717, 1.165) is 36.0 Å². The molecule has 1 aliphatic rings. The van der Waals surface area contributed by atoms with Crippen LogP contribution in [0.3, 0.4) is 0 Å². The van der Waals surface area contributed by atoms with Crippen molar-refractivity contribution in [3.63, 3.8) is 0 Å². The summed E-state index contributed by atoms with van der Waals surface area (Å²) in [6.45, 7) is 3.03. The number of morpholine rings is 1. The number of nitrogens with zero attached hydrogens (tertiary/aromatic N) is 4. The van der Waals surface area contributed by atoms with Gasteiger partial charge in [-0.2, -0.15) is 5.10 Å². The average molecular weight is 344 g/mol. The minimum atomic E-state index is -0.233. The zero-order valence-electron chi connectivity index (χ0n) is 13.0. The molecule has 5 nitrogen and oxygen atoms in total. The fourth-order valence-corrected chi connectivity index (χ4v) is 3.66. The summed E-state index contributed by atoms with van der Waals surface area (Å²) in [5.41, 5.74) is 1.81. The topological polar surface area (TPSA) is 43.2 Å². The third-order valence-electron chi connectivity index (χ3n) is 3.99. The summed E-state index contributed by atoms with van der Waals surface area (Å²) in [6, 6.07) is 8.35. The maximum absolute atomic E-state index is 13.0. The van der Waals surface area contributed by atoms with Gasteiger partial charge in [-0.3, -0.25) is 4.68 Å². The van der Waals surface area contributed by atoms with Crippen molar-refractivity contribution >= 4 is 16.5 Å². The molecule has 0 radical (unpaired) electrons. The van der Waals surface area contributed by atoms with Crippen LogP contribution in [0.2, 0.25) is 0 Å². The Morgan fingerprint density at radius 1 is 1.29 bits per heavy atom. The van der Waals surface area contributed by atoms with E-state index in [9.17, 15) is 4.39 Å². The molecule has 0 amide bonds. The Balaban J connectivity index is 1.46. The standard InChI is InChI=1S/C17H17FN4OS/c18-14-4-2-13(3-5-14)16-12-24-17(20-16)21-8-9-23-15(10-21)11-22-7-1-6-19-22/h1-7,12,15H,8-11H2. The highest BCUT2D eigenvalue weighted by Crippen LogP contribution is 2.28. The molecule has 3 heterocycles. The zero-order valence-corrected chi connectivity index (χ0v) is 13.8. The van der Waals surface area contributed by atoms with Crippen LogP contribution in [0, 0.1) is 5.82 Å².